The zero-order valence-electron chi connectivity index (χ0n) is 22.0. The first-order valence-corrected chi connectivity index (χ1v) is 15.1. The second-order valence-corrected chi connectivity index (χ2v) is 12.4. The van der Waals surface area contributed by atoms with E-state index >= 15 is 0 Å². The van der Waals surface area contributed by atoms with Crippen LogP contribution < -0.4 is 10.2 Å². The number of sulfonamides is 1. The first kappa shape index (κ1) is 29.7. The van der Waals surface area contributed by atoms with Crippen LogP contribution in [-0.4, -0.2) is 49.3 Å². The number of hydrogen-bond donors (Lipinski definition) is 2. The van der Waals surface area contributed by atoms with Crippen LogP contribution in [0.4, 0.5) is 0 Å². The Kier molecular flexibility index (Phi) is 11.2. The van der Waals surface area contributed by atoms with E-state index < -0.39 is 22.0 Å². The predicted molar refractivity (Wildman–Crippen MR) is 153 cm³/mol. The fraction of sp³-hybridized carbons (Fsp3) is 0.345. The predicted octanol–water partition coefficient (Wildman–Crippen LogP) is 5.60. The molecule has 0 aliphatic heterocycles. The molecule has 9 heteroatoms. The largest absolute Gasteiger partial charge is 0.497 e. The average molecular weight is 557 g/mol. The van der Waals surface area contributed by atoms with Crippen LogP contribution >= 0.6 is 11.8 Å². The van der Waals surface area contributed by atoms with Gasteiger partial charge in [-0.25, -0.2) is 13.9 Å². The van der Waals surface area contributed by atoms with Crippen molar-refractivity contribution in [3.63, 3.8) is 0 Å². The molecule has 0 saturated heterocycles. The molecule has 2 N–H and O–H groups in total. The van der Waals surface area contributed by atoms with E-state index in [2.05, 4.69) is 36.4 Å². The third kappa shape index (κ3) is 8.33. The van der Waals surface area contributed by atoms with Gasteiger partial charge in [0.2, 0.25) is 15.9 Å². The van der Waals surface area contributed by atoms with E-state index in [-0.39, 0.29) is 23.8 Å². The monoisotopic (exact) mass is 556 g/mol. The van der Waals surface area contributed by atoms with Gasteiger partial charge in [-0.1, -0.05) is 68.4 Å². The third-order valence-corrected chi connectivity index (χ3v) is 9.08. The Morgan fingerprint density at radius 3 is 2.18 bits per heavy atom. The number of ether oxygens (including phenoxy) is 1. The number of methoxy groups -OCH3 is 1. The number of hydroxylamine groups is 1. The molecule has 1 unspecified atom stereocenters. The molecule has 0 aliphatic rings. The molecular formula is C29H36N2O5S2. The minimum absolute atomic E-state index is 0.0403. The Morgan fingerprint density at radius 2 is 1.61 bits per heavy atom. The number of carbonyl (C=O) groups excluding carboxylic acids is 1. The third-order valence-electron chi connectivity index (χ3n) is 6.09. The zero-order chi connectivity index (χ0) is 27.5. The highest BCUT2D eigenvalue weighted by Crippen LogP contribution is 2.27. The number of carbonyl (C=O) groups is 1. The highest BCUT2D eigenvalue weighted by atomic mass is 32.2. The van der Waals surface area contributed by atoms with Gasteiger partial charge in [-0.3, -0.25) is 10.0 Å². The molecule has 3 rings (SSSR count). The highest BCUT2D eigenvalue weighted by Gasteiger charge is 2.33. The van der Waals surface area contributed by atoms with E-state index in [0.29, 0.717) is 17.9 Å². The van der Waals surface area contributed by atoms with Crippen molar-refractivity contribution in [2.75, 3.05) is 19.4 Å². The molecule has 3 aromatic rings. The standard InChI is InChI=1S/C29H36N2O5S2/c1-22(2)20-31(38(34,35)28-15-13-27(36-3)14-16-28)26(19-29(32)30-33)17-18-37-21-23-9-11-25(12-10-23)24-7-5-4-6-8-24/h4-16,22,26,33H,17-21H2,1-3H3,(H,30,32). The summed E-state index contributed by atoms with van der Waals surface area (Å²) in [4.78, 5) is 12.3. The molecule has 0 aliphatic carbocycles. The van der Waals surface area contributed by atoms with Gasteiger partial charge in [-0.2, -0.15) is 16.1 Å². The Labute approximate surface area is 230 Å². The second kappa shape index (κ2) is 14.3. The molecule has 1 amide bonds. The van der Waals surface area contributed by atoms with Crippen molar-refractivity contribution in [1.29, 1.82) is 0 Å². The summed E-state index contributed by atoms with van der Waals surface area (Å²) in [6.07, 6.45) is 0.327. The summed E-state index contributed by atoms with van der Waals surface area (Å²) in [5.41, 5.74) is 5.15. The minimum atomic E-state index is -3.89. The van der Waals surface area contributed by atoms with Gasteiger partial charge < -0.3 is 4.74 Å². The van der Waals surface area contributed by atoms with E-state index in [1.165, 1.54) is 34.7 Å². The molecule has 0 spiro atoms. The quantitative estimate of drug-likeness (QED) is 0.153. The molecule has 1 atom stereocenters. The van der Waals surface area contributed by atoms with E-state index in [1.54, 1.807) is 29.4 Å². The smallest absolute Gasteiger partial charge is 0.244 e. The van der Waals surface area contributed by atoms with Gasteiger partial charge >= 0.3 is 0 Å². The summed E-state index contributed by atoms with van der Waals surface area (Å²) >= 11 is 1.69. The van der Waals surface area contributed by atoms with Crippen molar-refractivity contribution in [2.45, 2.75) is 43.4 Å². The van der Waals surface area contributed by atoms with E-state index in [4.69, 9.17) is 9.94 Å². The summed E-state index contributed by atoms with van der Waals surface area (Å²) in [5.74, 6) is 1.40. The van der Waals surface area contributed by atoms with Gasteiger partial charge in [-0.15, -0.1) is 0 Å². The van der Waals surface area contributed by atoms with Crippen LogP contribution in [0, 0.1) is 5.92 Å². The molecule has 0 saturated carbocycles. The Morgan fingerprint density at radius 1 is 0.974 bits per heavy atom. The SMILES string of the molecule is COc1ccc(S(=O)(=O)N(CC(C)C)C(CCSCc2ccc(-c3ccccc3)cc2)CC(=O)NO)cc1. The normalized spacial score (nSPS) is 12.5. The van der Waals surface area contributed by atoms with Gasteiger partial charge in [0.1, 0.15) is 5.75 Å². The fourth-order valence-corrected chi connectivity index (χ4v) is 6.96. The first-order valence-electron chi connectivity index (χ1n) is 12.6. The number of rotatable bonds is 14. The fourth-order valence-electron chi connectivity index (χ4n) is 4.13. The van der Waals surface area contributed by atoms with Gasteiger partial charge in [0.15, 0.2) is 0 Å². The number of hydrogen-bond acceptors (Lipinski definition) is 6. The molecule has 38 heavy (non-hydrogen) atoms. The Bertz CT molecular complexity index is 1250. The molecule has 0 heterocycles. The van der Waals surface area contributed by atoms with Crippen LogP contribution in [0.1, 0.15) is 32.3 Å². The first-order chi connectivity index (χ1) is 18.2. The molecule has 204 valence electrons. The maximum Gasteiger partial charge on any atom is 0.244 e. The molecule has 0 bridgehead atoms. The number of benzene rings is 3. The highest BCUT2D eigenvalue weighted by molar-refractivity contribution is 7.98. The molecule has 0 radical (unpaired) electrons. The van der Waals surface area contributed by atoms with Crippen LogP contribution in [0.2, 0.25) is 0 Å². The lowest BCUT2D eigenvalue weighted by Gasteiger charge is -2.32. The van der Waals surface area contributed by atoms with Gasteiger partial charge in [-0.05, 0) is 59.0 Å². The topological polar surface area (TPSA) is 95.9 Å². The molecule has 3 aromatic carbocycles. The number of nitrogens with zero attached hydrogens (tertiary/aromatic N) is 1. The summed E-state index contributed by atoms with van der Waals surface area (Å²) < 4.78 is 33.9. The Balaban J connectivity index is 1.71. The second-order valence-electron chi connectivity index (χ2n) is 9.44. The molecule has 0 fully saturated rings. The lowest BCUT2D eigenvalue weighted by molar-refractivity contribution is -0.130. The number of amides is 1. The van der Waals surface area contributed by atoms with Gasteiger partial charge in [0.05, 0.1) is 12.0 Å². The van der Waals surface area contributed by atoms with Gasteiger partial charge in [0.25, 0.3) is 0 Å². The minimum Gasteiger partial charge on any atom is -0.497 e. The van der Waals surface area contributed by atoms with Crippen molar-refractivity contribution >= 4 is 27.7 Å². The maximum absolute atomic E-state index is 13.7. The number of nitrogens with one attached hydrogen (secondary N) is 1. The van der Waals surface area contributed by atoms with Crippen molar-refractivity contribution < 1.29 is 23.2 Å². The van der Waals surface area contributed by atoms with Crippen LogP contribution in [0.3, 0.4) is 0 Å². The summed E-state index contributed by atoms with van der Waals surface area (Å²) in [5, 5.41) is 9.16. The van der Waals surface area contributed by atoms with Crippen LogP contribution in [0.25, 0.3) is 11.1 Å². The van der Waals surface area contributed by atoms with Gasteiger partial charge in [0, 0.05) is 24.8 Å². The van der Waals surface area contributed by atoms with Crippen LogP contribution in [0.15, 0.2) is 83.8 Å². The Hall–Kier alpha value is -2.85. The zero-order valence-corrected chi connectivity index (χ0v) is 23.7. The van der Waals surface area contributed by atoms with E-state index in [9.17, 15) is 13.2 Å². The number of thioether (sulfide) groups is 1. The lowest BCUT2D eigenvalue weighted by atomic mass is 10.0. The van der Waals surface area contributed by atoms with Crippen molar-refractivity contribution in [1.82, 2.24) is 9.79 Å². The average Bonchev–Trinajstić information content (AvgIpc) is 2.94. The van der Waals surface area contributed by atoms with Crippen LogP contribution in [-0.2, 0) is 20.6 Å². The lowest BCUT2D eigenvalue weighted by Crippen LogP contribution is -2.45. The summed E-state index contributed by atoms with van der Waals surface area (Å²) in [6, 6.07) is 24.2. The molecular weight excluding hydrogens is 520 g/mol. The molecule has 0 aromatic heterocycles. The summed E-state index contributed by atoms with van der Waals surface area (Å²) in [7, 11) is -2.37. The maximum atomic E-state index is 13.7. The van der Waals surface area contributed by atoms with E-state index in [1.807, 2.05) is 32.0 Å². The molecule has 7 nitrogen and oxygen atoms in total. The van der Waals surface area contributed by atoms with Crippen molar-refractivity contribution in [3.05, 3.63) is 84.4 Å². The van der Waals surface area contributed by atoms with Crippen molar-refractivity contribution in [3.8, 4) is 16.9 Å². The van der Waals surface area contributed by atoms with Crippen LogP contribution in [0.5, 0.6) is 5.75 Å². The summed E-state index contributed by atoms with van der Waals surface area (Å²) in [6.45, 7) is 4.13. The van der Waals surface area contributed by atoms with E-state index in [0.717, 1.165) is 11.3 Å². The van der Waals surface area contributed by atoms with Crippen molar-refractivity contribution in [2.24, 2.45) is 5.92 Å².